The minimum Gasteiger partial charge on any atom is -0.444 e. The molecule has 3 fully saturated rings. The van der Waals surface area contributed by atoms with Crippen molar-refractivity contribution in [2.24, 2.45) is 17.8 Å². The molecule has 19 heteroatoms. The topological polar surface area (TPSA) is 181 Å². The number of halogens is 4. The maximum atomic E-state index is 14.6. The highest BCUT2D eigenvalue weighted by Gasteiger charge is 2.63. The smallest absolute Gasteiger partial charge is 0.427 e. The number of hydrogen-bond donors (Lipinski definition) is 3. The summed E-state index contributed by atoms with van der Waals surface area (Å²) in [4.78, 5) is 71.5. The molecule has 7 atom stereocenters. The van der Waals surface area contributed by atoms with E-state index in [1.54, 1.807) is 19.1 Å². The summed E-state index contributed by atoms with van der Waals surface area (Å²) in [5.74, 6) is -4.58. The summed E-state index contributed by atoms with van der Waals surface area (Å²) < 4.78 is 93.3. The van der Waals surface area contributed by atoms with E-state index in [9.17, 15) is 50.0 Å². The van der Waals surface area contributed by atoms with E-state index < -0.39 is 104 Å². The first-order valence-corrected chi connectivity index (χ1v) is 20.6. The van der Waals surface area contributed by atoms with Gasteiger partial charge in [-0.1, -0.05) is 38.1 Å². The van der Waals surface area contributed by atoms with Crippen molar-refractivity contribution < 1.29 is 59.4 Å². The summed E-state index contributed by atoms with van der Waals surface area (Å²) in [6.45, 7) is 5.90. The lowest BCUT2D eigenvalue weighted by atomic mass is 9.88. The van der Waals surface area contributed by atoms with Crippen LogP contribution in [0.25, 0.3) is 0 Å². The van der Waals surface area contributed by atoms with E-state index in [2.05, 4.69) is 15.4 Å². The van der Waals surface area contributed by atoms with Crippen molar-refractivity contribution in [2.75, 3.05) is 6.54 Å². The largest absolute Gasteiger partial charge is 0.444 e. The highest BCUT2D eigenvalue weighted by Crippen LogP contribution is 2.47. The second kappa shape index (κ2) is 15.1. The molecule has 0 spiro atoms. The minimum absolute atomic E-state index is 0.0395. The molecule has 0 radical (unpaired) electrons. The van der Waals surface area contributed by atoms with E-state index in [1.165, 1.54) is 24.0 Å². The van der Waals surface area contributed by atoms with Gasteiger partial charge in [0.25, 0.3) is 5.91 Å². The standard InChI is InChI=1S/C38H49F4N5O9S/c1-21-9-6-7-11-24-17-37(24,32(50)45-57(53,54)36(5)13-14-36)44-30(48)28-16-25(55-34(52)46-18-23-10-8-12-27(39)26(23)20-46)19-47(28)31(49)29(22(2)15-21)43-33(51)56-35(3,4)38(40,41)42/h7-8,10-12,21-22,24-25,28-29H,6,9,13-20H2,1-5H3,(H,43,51)(H,44,48)(H,45,50)/b11-7-/t21-,22+,24+,25+,28-,29-,37+/m0/s1. The molecule has 3 N–H and O–H groups in total. The third-order valence-corrected chi connectivity index (χ3v) is 14.2. The van der Waals surface area contributed by atoms with Gasteiger partial charge in [0.05, 0.1) is 17.8 Å². The van der Waals surface area contributed by atoms with Gasteiger partial charge < -0.3 is 25.0 Å². The number of ether oxygens (including phenoxy) is 2. The number of carbonyl (C=O) groups is 5. The molecule has 5 aliphatic rings. The average Bonchev–Trinajstić information content (AvgIpc) is 3.90. The summed E-state index contributed by atoms with van der Waals surface area (Å²) >= 11 is 0. The molecule has 0 unspecified atom stereocenters. The summed E-state index contributed by atoms with van der Waals surface area (Å²) in [6, 6.07) is 1.48. The van der Waals surface area contributed by atoms with Gasteiger partial charge >= 0.3 is 18.4 Å². The van der Waals surface area contributed by atoms with Crippen LogP contribution in [0.1, 0.15) is 90.7 Å². The molecule has 14 nitrogen and oxygen atoms in total. The summed E-state index contributed by atoms with van der Waals surface area (Å²) in [7, 11) is -4.11. The van der Waals surface area contributed by atoms with Crippen LogP contribution in [0.3, 0.4) is 0 Å². The number of alkyl carbamates (subject to hydrolysis) is 1. The molecule has 3 heterocycles. The van der Waals surface area contributed by atoms with Crippen molar-refractivity contribution in [3.05, 3.63) is 47.3 Å². The van der Waals surface area contributed by atoms with E-state index in [1.807, 2.05) is 13.0 Å². The SMILES string of the molecule is C[C@H]1CC/C=C\[C@@H]2C[C@@]2(C(=O)NS(=O)(=O)C2(C)CC2)NC(=O)[C@@H]2C[C@@H](OC(=O)N3Cc4cccc(F)c4C3)CN2C(=O)[C@@H](NC(=O)OC(C)(C)C(F)(F)F)[C@H](C)C1. The number of fused-ring (bicyclic) bond motifs is 3. The van der Waals surface area contributed by atoms with Crippen molar-refractivity contribution in [1.29, 1.82) is 0 Å². The Morgan fingerprint density at radius 3 is 2.40 bits per heavy atom. The quantitative estimate of drug-likeness (QED) is 0.274. The van der Waals surface area contributed by atoms with Gasteiger partial charge in [0.2, 0.25) is 27.4 Å². The number of nitrogens with zero attached hydrogens (tertiary/aromatic N) is 2. The van der Waals surface area contributed by atoms with Crippen LogP contribution in [0.4, 0.5) is 27.2 Å². The Hall–Kier alpha value is -4.42. The molecule has 0 bridgehead atoms. The number of alkyl halides is 3. The van der Waals surface area contributed by atoms with Gasteiger partial charge in [0.15, 0.2) is 0 Å². The van der Waals surface area contributed by atoms with Crippen molar-refractivity contribution in [1.82, 2.24) is 25.2 Å². The molecule has 2 saturated carbocycles. The lowest BCUT2D eigenvalue weighted by Crippen LogP contribution is -2.59. The maximum Gasteiger partial charge on any atom is 0.427 e. The zero-order valence-corrected chi connectivity index (χ0v) is 33.2. The number of carbonyl (C=O) groups excluding carboxylic acids is 5. The minimum atomic E-state index is -4.94. The Balaban J connectivity index is 1.30. The zero-order chi connectivity index (χ0) is 41.9. The van der Waals surface area contributed by atoms with Crippen LogP contribution in [0.15, 0.2) is 30.4 Å². The van der Waals surface area contributed by atoms with Gasteiger partial charge in [-0.25, -0.2) is 22.4 Å². The number of benzene rings is 1. The van der Waals surface area contributed by atoms with Crippen molar-refractivity contribution in [2.45, 2.75) is 133 Å². The van der Waals surface area contributed by atoms with Crippen molar-refractivity contribution >= 4 is 39.9 Å². The molecule has 5 amide bonds. The molecule has 1 aromatic carbocycles. The first kappa shape index (κ1) is 42.2. The Kier molecular flexibility index (Phi) is 11.2. The molecule has 1 aromatic rings. The maximum absolute atomic E-state index is 14.6. The van der Waals surface area contributed by atoms with E-state index in [0.29, 0.717) is 57.1 Å². The number of amides is 5. The van der Waals surface area contributed by atoms with E-state index in [0.717, 1.165) is 4.90 Å². The molecule has 57 heavy (non-hydrogen) atoms. The van der Waals surface area contributed by atoms with Gasteiger partial charge in [-0.2, -0.15) is 13.2 Å². The van der Waals surface area contributed by atoms with Gasteiger partial charge in [-0.3, -0.25) is 24.0 Å². The number of allylic oxidation sites excluding steroid dienone is 1. The molecule has 3 aliphatic heterocycles. The van der Waals surface area contributed by atoms with E-state index in [-0.39, 0.29) is 31.8 Å². The zero-order valence-electron chi connectivity index (χ0n) is 32.4. The fraction of sp³-hybridized carbons (Fsp3) is 0.658. The van der Waals surface area contributed by atoms with Crippen LogP contribution in [0.2, 0.25) is 0 Å². The third-order valence-electron chi connectivity index (χ3n) is 12.0. The monoisotopic (exact) mass is 827 g/mol. The van der Waals surface area contributed by atoms with Crippen molar-refractivity contribution in [3.63, 3.8) is 0 Å². The fourth-order valence-corrected chi connectivity index (χ4v) is 9.08. The third kappa shape index (κ3) is 8.58. The van der Waals surface area contributed by atoms with Crippen LogP contribution in [-0.4, -0.2) is 94.9 Å². The van der Waals surface area contributed by atoms with E-state index >= 15 is 0 Å². The van der Waals surface area contributed by atoms with Crippen LogP contribution in [-0.2, 0) is 47.0 Å². The normalized spacial score (nSPS) is 30.7. The lowest BCUT2D eigenvalue weighted by molar-refractivity contribution is -0.244. The highest BCUT2D eigenvalue weighted by atomic mass is 32.2. The molecule has 1 saturated heterocycles. The summed E-state index contributed by atoms with van der Waals surface area (Å²) in [5.41, 5.74) is -3.73. The molecule has 2 aliphatic carbocycles. The number of rotatable bonds is 6. The predicted molar refractivity (Wildman–Crippen MR) is 195 cm³/mol. The predicted octanol–water partition coefficient (Wildman–Crippen LogP) is 4.57. The highest BCUT2D eigenvalue weighted by molar-refractivity contribution is 7.91. The molecule has 314 valence electrons. The summed E-state index contributed by atoms with van der Waals surface area (Å²) in [5, 5.41) is 5.01. The Morgan fingerprint density at radius 2 is 1.75 bits per heavy atom. The second-order valence-electron chi connectivity index (χ2n) is 17.0. The van der Waals surface area contributed by atoms with Gasteiger partial charge in [-0.15, -0.1) is 0 Å². The Morgan fingerprint density at radius 1 is 1.05 bits per heavy atom. The molecule has 0 aromatic heterocycles. The average molecular weight is 828 g/mol. The fourth-order valence-electron chi connectivity index (χ4n) is 7.77. The van der Waals surface area contributed by atoms with Gasteiger partial charge in [-0.05, 0) is 82.8 Å². The number of nitrogens with one attached hydrogen (secondary N) is 3. The van der Waals surface area contributed by atoms with Crippen molar-refractivity contribution in [3.8, 4) is 0 Å². The number of hydrogen-bond acceptors (Lipinski definition) is 9. The van der Waals surface area contributed by atoms with Crippen LogP contribution in [0, 0.1) is 23.6 Å². The first-order valence-electron chi connectivity index (χ1n) is 19.1. The molecule has 6 rings (SSSR count). The van der Waals surface area contributed by atoms with E-state index in [4.69, 9.17) is 9.47 Å². The van der Waals surface area contributed by atoms with Gasteiger partial charge in [0, 0.05) is 24.4 Å². The Labute approximate surface area is 328 Å². The van der Waals surface area contributed by atoms with Crippen LogP contribution >= 0.6 is 0 Å². The second-order valence-corrected chi connectivity index (χ2v) is 19.2. The Bertz CT molecular complexity index is 1960. The first-order chi connectivity index (χ1) is 26.5. The molecular formula is C38H49F4N5O9S. The molecular weight excluding hydrogens is 779 g/mol. The van der Waals surface area contributed by atoms with Gasteiger partial charge in [0.1, 0.15) is 29.5 Å². The number of sulfonamides is 1. The lowest BCUT2D eigenvalue weighted by Gasteiger charge is -2.34. The summed E-state index contributed by atoms with van der Waals surface area (Å²) in [6.07, 6.45) is -3.05. The van der Waals surface area contributed by atoms with Crippen LogP contribution < -0.4 is 15.4 Å². The van der Waals surface area contributed by atoms with Crippen LogP contribution in [0.5, 0.6) is 0 Å².